The molecular formula is C11H21N3S. The molecule has 4 heteroatoms. The van der Waals surface area contributed by atoms with E-state index in [4.69, 9.17) is 0 Å². The van der Waals surface area contributed by atoms with Gasteiger partial charge in [0.25, 0.3) is 0 Å². The predicted molar refractivity (Wildman–Crippen MR) is 65.2 cm³/mol. The van der Waals surface area contributed by atoms with Gasteiger partial charge in [0.2, 0.25) is 0 Å². The molecule has 0 aliphatic rings. The highest BCUT2D eigenvalue weighted by Gasteiger charge is 2.12. The smallest absolute Gasteiger partial charge is 0.134 e. The Labute approximate surface area is 96.3 Å². The van der Waals surface area contributed by atoms with Gasteiger partial charge in [-0.25, -0.2) is 0 Å². The van der Waals surface area contributed by atoms with Crippen molar-refractivity contribution in [3.05, 3.63) is 10.0 Å². The van der Waals surface area contributed by atoms with Crippen LogP contribution in [0.4, 0.5) is 0 Å². The third-order valence-electron chi connectivity index (χ3n) is 2.44. The third kappa shape index (κ3) is 4.26. The number of unbranched alkanes of at least 4 members (excludes halogenated alkanes) is 1. The van der Waals surface area contributed by atoms with Gasteiger partial charge in [0.1, 0.15) is 10.0 Å². The number of nitrogens with zero attached hydrogens (tertiary/aromatic N) is 2. The van der Waals surface area contributed by atoms with Crippen LogP contribution < -0.4 is 5.32 Å². The summed E-state index contributed by atoms with van der Waals surface area (Å²) >= 11 is 1.68. The highest BCUT2D eigenvalue weighted by Crippen LogP contribution is 2.18. The Morgan fingerprint density at radius 2 is 2.07 bits per heavy atom. The molecule has 1 rings (SSSR count). The van der Waals surface area contributed by atoms with Crippen molar-refractivity contribution in [2.24, 2.45) is 0 Å². The van der Waals surface area contributed by atoms with E-state index in [0.717, 1.165) is 10.0 Å². The lowest BCUT2D eigenvalue weighted by atomic mass is 10.1. The van der Waals surface area contributed by atoms with Gasteiger partial charge in [-0.1, -0.05) is 19.8 Å². The van der Waals surface area contributed by atoms with E-state index in [1.165, 1.54) is 19.3 Å². The van der Waals surface area contributed by atoms with Gasteiger partial charge < -0.3 is 5.32 Å². The van der Waals surface area contributed by atoms with Crippen LogP contribution in [-0.4, -0.2) is 16.2 Å². The Morgan fingerprint density at radius 3 is 2.60 bits per heavy atom. The monoisotopic (exact) mass is 227 g/mol. The van der Waals surface area contributed by atoms with E-state index in [9.17, 15) is 0 Å². The molecule has 86 valence electrons. The summed E-state index contributed by atoms with van der Waals surface area (Å²) in [6.45, 7) is 8.61. The molecule has 2 unspecified atom stereocenters. The summed E-state index contributed by atoms with van der Waals surface area (Å²) < 4.78 is 0. The van der Waals surface area contributed by atoms with Gasteiger partial charge in [-0.3, -0.25) is 0 Å². The van der Waals surface area contributed by atoms with Crippen molar-refractivity contribution in [3.63, 3.8) is 0 Å². The molecule has 0 amide bonds. The minimum atomic E-state index is 0.322. The lowest BCUT2D eigenvalue weighted by molar-refractivity contribution is 0.442. The molecule has 0 aliphatic heterocycles. The number of rotatable bonds is 6. The first kappa shape index (κ1) is 12.6. The number of aromatic nitrogens is 2. The van der Waals surface area contributed by atoms with Crippen LogP contribution >= 0.6 is 11.3 Å². The topological polar surface area (TPSA) is 37.8 Å². The van der Waals surface area contributed by atoms with Crippen LogP contribution in [0.1, 0.15) is 56.1 Å². The number of hydrogen-bond acceptors (Lipinski definition) is 4. The Hall–Kier alpha value is -0.480. The van der Waals surface area contributed by atoms with E-state index in [2.05, 4.69) is 36.3 Å². The molecule has 0 radical (unpaired) electrons. The van der Waals surface area contributed by atoms with E-state index in [1.54, 1.807) is 11.3 Å². The maximum absolute atomic E-state index is 4.16. The minimum absolute atomic E-state index is 0.322. The zero-order valence-electron chi connectivity index (χ0n) is 10.1. The SMILES string of the molecule is CCCCC(C)NC(C)c1nnc(C)s1. The maximum Gasteiger partial charge on any atom is 0.134 e. The van der Waals surface area contributed by atoms with Gasteiger partial charge in [-0.15, -0.1) is 21.5 Å². The molecule has 0 fully saturated rings. The first-order valence-electron chi connectivity index (χ1n) is 5.69. The van der Waals surface area contributed by atoms with Crippen molar-refractivity contribution < 1.29 is 0 Å². The lowest BCUT2D eigenvalue weighted by Gasteiger charge is -2.17. The van der Waals surface area contributed by atoms with Crippen LogP contribution in [-0.2, 0) is 0 Å². The molecular weight excluding hydrogens is 206 g/mol. The number of nitrogens with one attached hydrogen (secondary N) is 1. The molecule has 1 N–H and O–H groups in total. The lowest BCUT2D eigenvalue weighted by Crippen LogP contribution is -2.28. The molecule has 3 nitrogen and oxygen atoms in total. The Morgan fingerprint density at radius 1 is 1.33 bits per heavy atom. The molecule has 0 bridgehead atoms. The summed E-state index contributed by atoms with van der Waals surface area (Å²) in [6.07, 6.45) is 3.78. The molecule has 0 saturated carbocycles. The zero-order valence-corrected chi connectivity index (χ0v) is 10.9. The second-order valence-corrected chi connectivity index (χ2v) is 5.30. The van der Waals surface area contributed by atoms with Gasteiger partial charge in [0.15, 0.2) is 0 Å². The molecule has 2 atom stereocenters. The zero-order chi connectivity index (χ0) is 11.3. The first-order chi connectivity index (χ1) is 7.13. The molecule has 0 spiro atoms. The molecule has 1 heterocycles. The van der Waals surface area contributed by atoms with Crippen molar-refractivity contribution in [1.29, 1.82) is 0 Å². The summed E-state index contributed by atoms with van der Waals surface area (Å²) in [5.74, 6) is 0. The van der Waals surface area contributed by atoms with Crippen LogP contribution in [0, 0.1) is 6.92 Å². The van der Waals surface area contributed by atoms with Gasteiger partial charge in [0.05, 0.1) is 6.04 Å². The highest BCUT2D eigenvalue weighted by atomic mass is 32.1. The fraction of sp³-hybridized carbons (Fsp3) is 0.818. The molecule has 0 aliphatic carbocycles. The van der Waals surface area contributed by atoms with Gasteiger partial charge in [-0.05, 0) is 27.2 Å². The fourth-order valence-corrected chi connectivity index (χ4v) is 2.29. The Kier molecular flexibility index (Phi) is 5.19. The highest BCUT2D eigenvalue weighted by molar-refractivity contribution is 7.11. The quantitative estimate of drug-likeness (QED) is 0.811. The largest absolute Gasteiger partial charge is 0.306 e. The van der Waals surface area contributed by atoms with Crippen LogP contribution in [0.3, 0.4) is 0 Å². The molecule has 1 aromatic heterocycles. The third-order valence-corrected chi connectivity index (χ3v) is 3.46. The van der Waals surface area contributed by atoms with Crippen molar-refractivity contribution in [1.82, 2.24) is 15.5 Å². The Bertz CT molecular complexity index is 285. The fourth-order valence-electron chi connectivity index (χ4n) is 1.58. The molecule has 15 heavy (non-hydrogen) atoms. The van der Waals surface area contributed by atoms with Gasteiger partial charge in [-0.2, -0.15) is 0 Å². The van der Waals surface area contributed by atoms with Crippen molar-refractivity contribution in [2.45, 2.75) is 59.0 Å². The van der Waals surface area contributed by atoms with E-state index in [0.29, 0.717) is 12.1 Å². The van der Waals surface area contributed by atoms with E-state index in [-0.39, 0.29) is 0 Å². The van der Waals surface area contributed by atoms with Gasteiger partial charge in [0, 0.05) is 6.04 Å². The summed E-state index contributed by atoms with van der Waals surface area (Å²) in [7, 11) is 0. The molecule has 0 aromatic carbocycles. The summed E-state index contributed by atoms with van der Waals surface area (Å²) in [5, 5.41) is 13.9. The van der Waals surface area contributed by atoms with Crippen LogP contribution in [0.25, 0.3) is 0 Å². The van der Waals surface area contributed by atoms with Gasteiger partial charge >= 0.3 is 0 Å². The second kappa shape index (κ2) is 6.18. The average Bonchev–Trinajstić information content (AvgIpc) is 2.61. The summed E-state index contributed by atoms with van der Waals surface area (Å²) in [4.78, 5) is 0. The molecule has 0 saturated heterocycles. The Balaban J connectivity index is 2.38. The van der Waals surface area contributed by atoms with Crippen LogP contribution in [0.15, 0.2) is 0 Å². The maximum atomic E-state index is 4.16. The number of hydrogen-bond donors (Lipinski definition) is 1. The summed E-state index contributed by atoms with van der Waals surface area (Å²) in [6, 6.07) is 0.882. The summed E-state index contributed by atoms with van der Waals surface area (Å²) in [5.41, 5.74) is 0. The standard InChI is InChI=1S/C11H21N3S/c1-5-6-7-8(2)12-9(3)11-14-13-10(4)15-11/h8-9,12H,5-7H2,1-4H3. The molecule has 1 aromatic rings. The predicted octanol–water partition coefficient (Wildman–Crippen LogP) is 3.08. The van der Waals surface area contributed by atoms with E-state index >= 15 is 0 Å². The van der Waals surface area contributed by atoms with Crippen LogP contribution in [0.5, 0.6) is 0 Å². The minimum Gasteiger partial charge on any atom is -0.306 e. The average molecular weight is 227 g/mol. The van der Waals surface area contributed by atoms with E-state index < -0.39 is 0 Å². The van der Waals surface area contributed by atoms with Crippen molar-refractivity contribution >= 4 is 11.3 Å². The second-order valence-electron chi connectivity index (χ2n) is 4.09. The van der Waals surface area contributed by atoms with Crippen LogP contribution in [0.2, 0.25) is 0 Å². The van der Waals surface area contributed by atoms with E-state index in [1.807, 2.05) is 6.92 Å². The van der Waals surface area contributed by atoms with Crippen molar-refractivity contribution in [2.75, 3.05) is 0 Å². The van der Waals surface area contributed by atoms with Crippen molar-refractivity contribution in [3.8, 4) is 0 Å². The normalized spacial score (nSPS) is 15.2. The first-order valence-corrected chi connectivity index (χ1v) is 6.51. The number of aryl methyl sites for hydroxylation is 1.